The fourth-order valence-corrected chi connectivity index (χ4v) is 2.70. The number of hydrogen-bond acceptors (Lipinski definition) is 4. The minimum atomic E-state index is -0.374. The molecule has 6 nitrogen and oxygen atoms in total. The summed E-state index contributed by atoms with van der Waals surface area (Å²) in [7, 11) is 0. The van der Waals surface area contributed by atoms with Gasteiger partial charge in [-0.3, -0.25) is 9.48 Å². The second-order valence-corrected chi connectivity index (χ2v) is 5.64. The van der Waals surface area contributed by atoms with E-state index in [0.717, 1.165) is 5.56 Å². The number of benzene rings is 1. The average Bonchev–Trinajstić information content (AvgIpc) is 3.03. The molecule has 0 bridgehead atoms. The molecule has 0 radical (unpaired) electrons. The number of aryl methyl sites for hydroxylation is 1. The SMILES string of the molecule is Cc1ccc(F)c(-c2nccc(-c3cc4n(n3)CCNC4=O)n2)c1. The van der Waals surface area contributed by atoms with Gasteiger partial charge in [-0.15, -0.1) is 0 Å². The Labute approximate surface area is 137 Å². The largest absolute Gasteiger partial charge is 0.349 e. The third-order valence-corrected chi connectivity index (χ3v) is 3.90. The molecule has 3 heterocycles. The summed E-state index contributed by atoms with van der Waals surface area (Å²) in [6, 6.07) is 8.20. The molecule has 0 saturated carbocycles. The Balaban J connectivity index is 1.78. The molecular weight excluding hydrogens is 309 g/mol. The van der Waals surface area contributed by atoms with Crippen molar-refractivity contribution in [3.63, 3.8) is 0 Å². The predicted molar refractivity (Wildman–Crippen MR) is 85.7 cm³/mol. The van der Waals surface area contributed by atoms with E-state index in [1.165, 1.54) is 6.07 Å². The molecule has 1 amide bonds. The van der Waals surface area contributed by atoms with E-state index < -0.39 is 0 Å². The summed E-state index contributed by atoms with van der Waals surface area (Å²) in [5.74, 6) is -0.232. The van der Waals surface area contributed by atoms with Gasteiger partial charge in [-0.1, -0.05) is 11.6 Å². The van der Waals surface area contributed by atoms with Gasteiger partial charge in [0.2, 0.25) is 0 Å². The molecule has 0 saturated heterocycles. The summed E-state index contributed by atoms with van der Waals surface area (Å²) >= 11 is 0. The van der Waals surface area contributed by atoms with Gasteiger partial charge in [0, 0.05) is 12.7 Å². The number of carbonyl (C=O) groups excluding carboxylic acids is 1. The van der Waals surface area contributed by atoms with E-state index in [4.69, 9.17) is 0 Å². The molecule has 0 aliphatic carbocycles. The van der Waals surface area contributed by atoms with E-state index in [-0.39, 0.29) is 11.7 Å². The molecule has 3 aromatic rings. The van der Waals surface area contributed by atoms with Gasteiger partial charge in [0.15, 0.2) is 5.82 Å². The van der Waals surface area contributed by atoms with Crippen LogP contribution in [0.2, 0.25) is 0 Å². The Hall–Kier alpha value is -3.09. The van der Waals surface area contributed by atoms with Crippen molar-refractivity contribution in [3.05, 3.63) is 53.6 Å². The van der Waals surface area contributed by atoms with Gasteiger partial charge in [0.1, 0.15) is 17.2 Å². The number of aromatic nitrogens is 4. The van der Waals surface area contributed by atoms with Crippen LogP contribution in [0, 0.1) is 12.7 Å². The van der Waals surface area contributed by atoms with Crippen molar-refractivity contribution in [2.75, 3.05) is 6.54 Å². The van der Waals surface area contributed by atoms with Crippen molar-refractivity contribution >= 4 is 5.91 Å². The molecule has 1 N–H and O–H groups in total. The molecule has 120 valence electrons. The van der Waals surface area contributed by atoms with E-state index in [1.807, 2.05) is 6.92 Å². The van der Waals surface area contributed by atoms with Crippen LogP contribution < -0.4 is 5.32 Å². The molecule has 2 aromatic heterocycles. The third-order valence-electron chi connectivity index (χ3n) is 3.90. The Kier molecular flexibility index (Phi) is 3.34. The van der Waals surface area contributed by atoms with Crippen LogP contribution in [0.15, 0.2) is 36.5 Å². The number of nitrogens with zero attached hydrogens (tertiary/aromatic N) is 4. The van der Waals surface area contributed by atoms with Gasteiger partial charge in [-0.25, -0.2) is 14.4 Å². The quantitative estimate of drug-likeness (QED) is 0.785. The summed E-state index contributed by atoms with van der Waals surface area (Å²) in [6.45, 7) is 3.05. The van der Waals surface area contributed by atoms with Crippen LogP contribution in [-0.2, 0) is 6.54 Å². The van der Waals surface area contributed by atoms with E-state index in [9.17, 15) is 9.18 Å². The first-order valence-electron chi connectivity index (χ1n) is 7.58. The van der Waals surface area contributed by atoms with Gasteiger partial charge in [-0.05, 0) is 31.2 Å². The van der Waals surface area contributed by atoms with Gasteiger partial charge in [0.05, 0.1) is 17.8 Å². The highest BCUT2D eigenvalue weighted by atomic mass is 19.1. The molecule has 7 heteroatoms. The van der Waals surface area contributed by atoms with E-state index >= 15 is 0 Å². The number of halogens is 1. The number of hydrogen-bond donors (Lipinski definition) is 1. The lowest BCUT2D eigenvalue weighted by molar-refractivity contribution is 0.0924. The standard InChI is InChI=1S/C17H14FN5O/c1-10-2-3-12(18)11(8-10)16-19-5-4-13(21-16)14-9-15-17(24)20-6-7-23(15)22-14/h2-5,8-9H,6-7H2,1H3,(H,20,24). The Morgan fingerprint density at radius 3 is 2.92 bits per heavy atom. The molecule has 1 aliphatic heterocycles. The fourth-order valence-electron chi connectivity index (χ4n) is 2.70. The summed E-state index contributed by atoms with van der Waals surface area (Å²) in [4.78, 5) is 20.4. The molecular formula is C17H14FN5O. The number of rotatable bonds is 2. The Morgan fingerprint density at radius 1 is 1.21 bits per heavy atom. The summed E-state index contributed by atoms with van der Waals surface area (Å²) in [6.07, 6.45) is 1.57. The van der Waals surface area contributed by atoms with Crippen molar-refractivity contribution in [2.24, 2.45) is 0 Å². The summed E-state index contributed by atoms with van der Waals surface area (Å²) < 4.78 is 15.7. The molecule has 0 unspecified atom stereocenters. The lowest BCUT2D eigenvalue weighted by atomic mass is 10.1. The van der Waals surface area contributed by atoms with Crippen LogP contribution in [0.3, 0.4) is 0 Å². The molecule has 24 heavy (non-hydrogen) atoms. The van der Waals surface area contributed by atoms with Crippen molar-refractivity contribution in [1.29, 1.82) is 0 Å². The van der Waals surface area contributed by atoms with Gasteiger partial charge >= 0.3 is 0 Å². The average molecular weight is 323 g/mol. The lowest BCUT2D eigenvalue weighted by Gasteiger charge is -2.13. The predicted octanol–water partition coefficient (Wildman–Crippen LogP) is 2.20. The molecule has 0 fully saturated rings. The van der Waals surface area contributed by atoms with Gasteiger partial charge in [0.25, 0.3) is 5.91 Å². The minimum Gasteiger partial charge on any atom is -0.349 e. The van der Waals surface area contributed by atoms with Crippen molar-refractivity contribution in [2.45, 2.75) is 13.5 Å². The maximum absolute atomic E-state index is 14.1. The Bertz CT molecular complexity index is 950. The molecule has 1 aliphatic rings. The zero-order chi connectivity index (χ0) is 16.7. The highest BCUT2D eigenvalue weighted by Crippen LogP contribution is 2.24. The molecule has 4 rings (SSSR count). The van der Waals surface area contributed by atoms with E-state index in [2.05, 4.69) is 20.4 Å². The van der Waals surface area contributed by atoms with Crippen molar-refractivity contribution in [1.82, 2.24) is 25.1 Å². The maximum atomic E-state index is 14.1. The van der Waals surface area contributed by atoms with Gasteiger partial charge in [-0.2, -0.15) is 5.10 Å². The van der Waals surface area contributed by atoms with Crippen molar-refractivity contribution in [3.8, 4) is 22.8 Å². The minimum absolute atomic E-state index is 0.154. The summed E-state index contributed by atoms with van der Waals surface area (Å²) in [5, 5.41) is 7.19. The monoisotopic (exact) mass is 323 g/mol. The summed E-state index contributed by atoms with van der Waals surface area (Å²) in [5.41, 5.74) is 2.89. The zero-order valence-electron chi connectivity index (χ0n) is 13.0. The number of amides is 1. The molecule has 0 atom stereocenters. The third kappa shape index (κ3) is 2.44. The fraction of sp³-hybridized carbons (Fsp3) is 0.176. The number of nitrogens with one attached hydrogen (secondary N) is 1. The second kappa shape index (κ2) is 5.52. The zero-order valence-corrected chi connectivity index (χ0v) is 13.0. The van der Waals surface area contributed by atoms with Crippen LogP contribution in [0.5, 0.6) is 0 Å². The van der Waals surface area contributed by atoms with E-state index in [1.54, 1.807) is 35.1 Å². The highest BCUT2D eigenvalue weighted by molar-refractivity contribution is 5.94. The lowest BCUT2D eigenvalue weighted by Crippen LogP contribution is -2.35. The van der Waals surface area contributed by atoms with Gasteiger partial charge < -0.3 is 5.32 Å². The first kappa shape index (κ1) is 14.5. The molecule has 0 spiro atoms. The van der Waals surface area contributed by atoms with E-state index in [0.29, 0.717) is 41.6 Å². The maximum Gasteiger partial charge on any atom is 0.269 e. The first-order valence-corrected chi connectivity index (χ1v) is 7.58. The van der Waals surface area contributed by atoms with Crippen LogP contribution in [0.1, 0.15) is 16.1 Å². The topological polar surface area (TPSA) is 72.7 Å². The van der Waals surface area contributed by atoms with Crippen LogP contribution in [-0.4, -0.2) is 32.2 Å². The van der Waals surface area contributed by atoms with Crippen LogP contribution >= 0.6 is 0 Å². The van der Waals surface area contributed by atoms with Crippen LogP contribution in [0.4, 0.5) is 4.39 Å². The Morgan fingerprint density at radius 2 is 2.08 bits per heavy atom. The molecule has 1 aromatic carbocycles. The number of fused-ring (bicyclic) bond motifs is 1. The normalized spacial score (nSPS) is 13.5. The smallest absolute Gasteiger partial charge is 0.269 e. The first-order chi connectivity index (χ1) is 11.6. The second-order valence-electron chi connectivity index (χ2n) is 5.64. The van der Waals surface area contributed by atoms with Crippen LogP contribution in [0.25, 0.3) is 22.8 Å². The number of carbonyl (C=O) groups is 1. The van der Waals surface area contributed by atoms with Crippen molar-refractivity contribution < 1.29 is 9.18 Å². The highest BCUT2D eigenvalue weighted by Gasteiger charge is 2.20.